The van der Waals surface area contributed by atoms with Crippen molar-refractivity contribution in [3.63, 3.8) is 0 Å². The van der Waals surface area contributed by atoms with E-state index in [2.05, 4.69) is 49.1 Å². The summed E-state index contributed by atoms with van der Waals surface area (Å²) in [6, 6.07) is 19.6. The third-order valence-electron chi connectivity index (χ3n) is 8.12. The lowest BCUT2D eigenvalue weighted by Gasteiger charge is -2.35. The van der Waals surface area contributed by atoms with Crippen LogP contribution in [0.2, 0.25) is 0 Å². The van der Waals surface area contributed by atoms with Gasteiger partial charge in [0.05, 0.1) is 5.41 Å². The molecule has 4 nitrogen and oxygen atoms in total. The number of hydrogen-bond acceptors (Lipinski definition) is 3. The summed E-state index contributed by atoms with van der Waals surface area (Å²) in [5.41, 5.74) is 4.91. The first-order chi connectivity index (χ1) is 17.5. The van der Waals surface area contributed by atoms with Crippen molar-refractivity contribution in [1.29, 1.82) is 0 Å². The van der Waals surface area contributed by atoms with Crippen molar-refractivity contribution >= 4 is 5.97 Å². The molecule has 194 valence electrons. The molecule has 0 spiro atoms. The van der Waals surface area contributed by atoms with Crippen molar-refractivity contribution in [1.82, 2.24) is 4.90 Å². The zero-order valence-electron chi connectivity index (χ0n) is 22.3. The third kappa shape index (κ3) is 4.77. The molecule has 0 radical (unpaired) electrons. The number of nitrogens with zero attached hydrogens (tertiary/aromatic N) is 1. The Kier molecular flexibility index (Phi) is 6.39. The van der Waals surface area contributed by atoms with Gasteiger partial charge in [0.25, 0.3) is 0 Å². The maximum atomic E-state index is 14.0. The molecule has 1 heterocycles. The number of carboxylic acid groups (broad SMARTS) is 1. The smallest absolute Gasteiger partial charge is 0.310 e. The van der Waals surface area contributed by atoms with E-state index in [1.807, 2.05) is 19.1 Å². The van der Waals surface area contributed by atoms with Crippen molar-refractivity contribution in [3.05, 3.63) is 99.9 Å². The first-order valence-electron chi connectivity index (χ1n) is 13.1. The Morgan fingerprint density at radius 2 is 1.86 bits per heavy atom. The number of fused-ring (bicyclic) bond motifs is 2. The van der Waals surface area contributed by atoms with E-state index in [9.17, 15) is 14.3 Å². The zero-order chi connectivity index (χ0) is 26.5. The molecule has 2 unspecified atom stereocenters. The number of para-hydroxylation sites is 1. The Hall–Kier alpha value is -3.18. The van der Waals surface area contributed by atoms with E-state index in [1.54, 1.807) is 19.9 Å². The van der Waals surface area contributed by atoms with Crippen LogP contribution < -0.4 is 4.74 Å². The fourth-order valence-electron chi connectivity index (χ4n) is 6.28. The molecule has 3 aromatic rings. The van der Waals surface area contributed by atoms with Crippen LogP contribution in [-0.2, 0) is 17.8 Å². The highest BCUT2D eigenvalue weighted by Gasteiger charge is 2.41. The van der Waals surface area contributed by atoms with Crippen molar-refractivity contribution in [2.75, 3.05) is 6.54 Å². The minimum Gasteiger partial charge on any atom is -0.486 e. The van der Waals surface area contributed by atoms with Crippen LogP contribution in [0, 0.1) is 18.2 Å². The van der Waals surface area contributed by atoms with Gasteiger partial charge in [-0.25, -0.2) is 4.39 Å². The van der Waals surface area contributed by atoms with E-state index < -0.39 is 17.3 Å². The van der Waals surface area contributed by atoms with E-state index in [4.69, 9.17) is 4.74 Å². The van der Waals surface area contributed by atoms with Crippen LogP contribution in [0.15, 0.2) is 60.7 Å². The summed E-state index contributed by atoms with van der Waals surface area (Å²) < 4.78 is 20.4. The number of carbonyl (C=O) groups is 1. The number of aryl methyl sites for hydroxylation is 2. The summed E-state index contributed by atoms with van der Waals surface area (Å²) in [4.78, 5) is 15.0. The van der Waals surface area contributed by atoms with Crippen LogP contribution in [0.1, 0.15) is 79.5 Å². The molecule has 0 saturated heterocycles. The summed E-state index contributed by atoms with van der Waals surface area (Å²) in [7, 11) is 0. The van der Waals surface area contributed by atoms with E-state index in [0.29, 0.717) is 0 Å². The summed E-state index contributed by atoms with van der Waals surface area (Å²) in [5, 5.41) is 10.2. The molecule has 1 aliphatic heterocycles. The molecule has 1 N–H and O–H groups in total. The number of carboxylic acids is 1. The van der Waals surface area contributed by atoms with E-state index >= 15 is 0 Å². The minimum atomic E-state index is -1.08. The zero-order valence-corrected chi connectivity index (χ0v) is 22.3. The molecule has 2 aliphatic rings. The lowest BCUT2D eigenvalue weighted by molar-refractivity contribution is -0.147. The van der Waals surface area contributed by atoms with Crippen molar-refractivity contribution in [2.45, 2.75) is 71.6 Å². The maximum Gasteiger partial charge on any atom is 0.310 e. The standard InChI is InChI=1S/C32H36FNO3/c1-20-16-24(33)13-14-25(20)29(32(4,5)30(35)36)22-11-10-21-12-15-27(26(21)17-22)34-18-23-8-6-7-9-28(23)37-31(2,3)19-34/h6-11,13-14,16-17,27,29H,12,15,18-19H2,1-5H3,(H,35,36). The molecule has 5 rings (SSSR count). The Morgan fingerprint density at radius 3 is 2.59 bits per heavy atom. The minimum absolute atomic E-state index is 0.215. The fourth-order valence-corrected chi connectivity index (χ4v) is 6.28. The fraction of sp³-hybridized carbons (Fsp3) is 0.406. The van der Waals surface area contributed by atoms with Gasteiger partial charge in [0.2, 0.25) is 0 Å². The highest BCUT2D eigenvalue weighted by atomic mass is 19.1. The van der Waals surface area contributed by atoms with Crippen LogP contribution in [0.3, 0.4) is 0 Å². The molecule has 1 aliphatic carbocycles. The van der Waals surface area contributed by atoms with E-state index in [0.717, 1.165) is 48.4 Å². The lowest BCUT2D eigenvalue weighted by Crippen LogP contribution is -2.41. The van der Waals surface area contributed by atoms with Gasteiger partial charge in [-0.3, -0.25) is 9.69 Å². The Morgan fingerprint density at radius 1 is 1.11 bits per heavy atom. The van der Waals surface area contributed by atoms with Gasteiger partial charge in [0.1, 0.15) is 17.2 Å². The van der Waals surface area contributed by atoms with Gasteiger partial charge in [-0.2, -0.15) is 0 Å². The summed E-state index contributed by atoms with van der Waals surface area (Å²) >= 11 is 0. The topological polar surface area (TPSA) is 49.8 Å². The van der Waals surface area contributed by atoms with Crippen LogP contribution in [0.25, 0.3) is 0 Å². The van der Waals surface area contributed by atoms with Gasteiger partial charge in [0, 0.05) is 30.6 Å². The van der Waals surface area contributed by atoms with Crippen LogP contribution in [0.5, 0.6) is 5.75 Å². The second-order valence-electron chi connectivity index (χ2n) is 11.8. The summed E-state index contributed by atoms with van der Waals surface area (Å²) in [5.74, 6) is -0.659. The normalized spacial score (nSPS) is 19.9. The molecular formula is C32H36FNO3. The average Bonchev–Trinajstić information content (AvgIpc) is 3.18. The first kappa shape index (κ1) is 25.5. The third-order valence-corrected chi connectivity index (χ3v) is 8.12. The molecule has 5 heteroatoms. The number of rotatable bonds is 5. The van der Waals surface area contributed by atoms with Crippen LogP contribution in [-0.4, -0.2) is 28.1 Å². The average molecular weight is 502 g/mol. The molecule has 2 atom stereocenters. The largest absolute Gasteiger partial charge is 0.486 e. The lowest BCUT2D eigenvalue weighted by atomic mass is 9.70. The maximum absolute atomic E-state index is 14.0. The highest BCUT2D eigenvalue weighted by molar-refractivity contribution is 5.76. The van der Waals surface area contributed by atoms with Crippen molar-refractivity contribution in [2.24, 2.45) is 5.41 Å². The van der Waals surface area contributed by atoms with Crippen LogP contribution >= 0.6 is 0 Å². The first-order valence-corrected chi connectivity index (χ1v) is 13.1. The SMILES string of the molecule is Cc1cc(F)ccc1C(c1ccc2c(c1)C(N1Cc3ccccc3OC(C)(C)C1)CC2)C(C)(C)C(=O)O. The van der Waals surface area contributed by atoms with Gasteiger partial charge in [-0.15, -0.1) is 0 Å². The molecular weight excluding hydrogens is 465 g/mol. The van der Waals surface area contributed by atoms with Gasteiger partial charge in [0.15, 0.2) is 0 Å². The van der Waals surface area contributed by atoms with Crippen LogP contribution in [0.4, 0.5) is 4.39 Å². The monoisotopic (exact) mass is 501 g/mol. The van der Waals surface area contributed by atoms with Gasteiger partial charge >= 0.3 is 5.97 Å². The molecule has 0 aromatic heterocycles. The van der Waals surface area contributed by atoms with E-state index in [1.165, 1.54) is 28.8 Å². The summed E-state index contributed by atoms with van der Waals surface area (Å²) in [6.07, 6.45) is 2.00. The van der Waals surface area contributed by atoms with E-state index in [-0.39, 0.29) is 17.5 Å². The van der Waals surface area contributed by atoms with Gasteiger partial charge < -0.3 is 9.84 Å². The highest BCUT2D eigenvalue weighted by Crippen LogP contribution is 2.46. The Balaban J connectivity index is 1.58. The quantitative estimate of drug-likeness (QED) is 0.407. The molecule has 3 aromatic carbocycles. The number of halogens is 1. The molecule has 0 bridgehead atoms. The van der Waals surface area contributed by atoms with Gasteiger partial charge in [-0.1, -0.05) is 42.5 Å². The van der Waals surface area contributed by atoms with Crippen molar-refractivity contribution in [3.8, 4) is 5.75 Å². The molecule has 0 saturated carbocycles. The van der Waals surface area contributed by atoms with Crippen molar-refractivity contribution < 1.29 is 19.0 Å². The molecule has 37 heavy (non-hydrogen) atoms. The second-order valence-corrected chi connectivity index (χ2v) is 11.8. The van der Waals surface area contributed by atoms with Gasteiger partial charge in [-0.05, 0) is 93.5 Å². The Labute approximate surface area is 219 Å². The summed E-state index contributed by atoms with van der Waals surface area (Å²) in [6.45, 7) is 11.2. The predicted octanol–water partition coefficient (Wildman–Crippen LogP) is 7.04. The molecule has 0 amide bonds. The molecule has 0 fully saturated rings. The predicted molar refractivity (Wildman–Crippen MR) is 143 cm³/mol. The second kappa shape index (κ2) is 9.29. The number of hydrogen-bond donors (Lipinski definition) is 1. The number of ether oxygens (including phenoxy) is 1. The number of aliphatic carboxylic acids is 1. The number of benzene rings is 3. The Bertz CT molecular complexity index is 1350.